The number of hydrogen-bond donors (Lipinski definition) is 3. The minimum Gasteiger partial charge on any atom is -0.367 e. The van der Waals surface area contributed by atoms with Crippen molar-refractivity contribution in [3.05, 3.63) is 66.1 Å². The zero-order valence-electron chi connectivity index (χ0n) is 14.3. The Kier molecular flexibility index (Phi) is 5.66. The molecule has 3 aromatic rings. The molecule has 132 valence electrons. The fourth-order valence-corrected chi connectivity index (χ4v) is 2.19. The van der Waals surface area contributed by atoms with E-state index in [0.717, 1.165) is 11.4 Å². The highest BCUT2D eigenvalue weighted by atomic mass is 16.1. The second kappa shape index (κ2) is 8.52. The molecule has 0 aliphatic rings. The quantitative estimate of drug-likeness (QED) is 0.561. The molecule has 1 amide bonds. The number of nitrogens with zero attached hydrogens (tertiary/aromatic N) is 4. The third-order valence-electron chi connectivity index (χ3n) is 3.48. The molecule has 0 saturated carbocycles. The van der Waals surface area contributed by atoms with Crippen molar-refractivity contribution in [3.8, 4) is 0 Å². The van der Waals surface area contributed by atoms with E-state index in [-0.39, 0.29) is 5.91 Å². The molecular weight excluding hydrogens is 330 g/mol. The summed E-state index contributed by atoms with van der Waals surface area (Å²) in [5, 5.41) is 17.2. The molecule has 0 unspecified atom stereocenters. The van der Waals surface area contributed by atoms with Crippen LogP contribution in [-0.2, 0) is 0 Å². The highest BCUT2D eigenvalue weighted by Gasteiger charge is 2.04. The fraction of sp³-hybridized carbons (Fsp3) is 0.167. The summed E-state index contributed by atoms with van der Waals surface area (Å²) in [6.07, 6.45) is 4.90. The number of nitrogens with one attached hydrogen (secondary N) is 3. The largest absolute Gasteiger partial charge is 0.367 e. The lowest BCUT2D eigenvalue weighted by Crippen LogP contribution is -2.28. The van der Waals surface area contributed by atoms with Gasteiger partial charge < -0.3 is 16.0 Å². The van der Waals surface area contributed by atoms with Crippen molar-refractivity contribution >= 4 is 23.4 Å². The van der Waals surface area contributed by atoms with E-state index in [1.165, 1.54) is 6.20 Å². The minimum atomic E-state index is -0.156. The first-order valence-corrected chi connectivity index (χ1v) is 8.16. The second-order valence-corrected chi connectivity index (χ2v) is 5.57. The van der Waals surface area contributed by atoms with Gasteiger partial charge in [-0.25, -0.2) is 4.98 Å². The molecule has 3 rings (SSSR count). The summed E-state index contributed by atoms with van der Waals surface area (Å²) in [7, 11) is 0. The Morgan fingerprint density at radius 3 is 2.58 bits per heavy atom. The Morgan fingerprint density at radius 1 is 1.00 bits per heavy atom. The summed E-state index contributed by atoms with van der Waals surface area (Å²) >= 11 is 0. The van der Waals surface area contributed by atoms with E-state index in [4.69, 9.17) is 0 Å². The smallest absolute Gasteiger partial charge is 0.252 e. The Hall–Kier alpha value is -3.55. The predicted octanol–water partition coefficient (Wildman–Crippen LogP) is 2.16. The van der Waals surface area contributed by atoms with Crippen molar-refractivity contribution in [3.63, 3.8) is 0 Å². The summed E-state index contributed by atoms with van der Waals surface area (Å²) in [5.41, 5.74) is 1.65. The van der Waals surface area contributed by atoms with E-state index in [2.05, 4.69) is 36.1 Å². The third kappa shape index (κ3) is 4.97. The van der Waals surface area contributed by atoms with Crippen LogP contribution in [0.1, 0.15) is 15.9 Å². The molecule has 0 aliphatic carbocycles. The van der Waals surface area contributed by atoms with Crippen molar-refractivity contribution in [2.45, 2.75) is 6.92 Å². The maximum atomic E-state index is 11.9. The summed E-state index contributed by atoms with van der Waals surface area (Å²) in [6, 6.07) is 10.9. The normalized spacial score (nSPS) is 10.2. The van der Waals surface area contributed by atoms with E-state index in [0.29, 0.717) is 30.3 Å². The van der Waals surface area contributed by atoms with Gasteiger partial charge in [-0.05, 0) is 48.9 Å². The van der Waals surface area contributed by atoms with Crippen LogP contribution in [-0.4, -0.2) is 39.2 Å². The number of anilines is 3. The van der Waals surface area contributed by atoms with Gasteiger partial charge in [-0.1, -0.05) is 0 Å². The van der Waals surface area contributed by atoms with Crippen molar-refractivity contribution in [2.24, 2.45) is 0 Å². The van der Waals surface area contributed by atoms with Gasteiger partial charge in [0.1, 0.15) is 11.6 Å². The van der Waals surface area contributed by atoms with Crippen LogP contribution in [0.25, 0.3) is 0 Å². The van der Waals surface area contributed by atoms with Gasteiger partial charge in [-0.15, -0.1) is 10.2 Å². The first-order valence-electron chi connectivity index (χ1n) is 8.16. The van der Waals surface area contributed by atoms with Gasteiger partial charge in [0.2, 0.25) is 0 Å². The van der Waals surface area contributed by atoms with Crippen molar-refractivity contribution < 1.29 is 4.79 Å². The molecule has 0 aliphatic heterocycles. The Bertz CT molecular complexity index is 853. The maximum Gasteiger partial charge on any atom is 0.252 e. The molecule has 0 saturated heterocycles. The number of amides is 1. The maximum absolute atomic E-state index is 11.9. The second-order valence-electron chi connectivity index (χ2n) is 5.57. The van der Waals surface area contributed by atoms with Crippen molar-refractivity contribution in [1.29, 1.82) is 0 Å². The molecule has 3 heterocycles. The number of pyridine rings is 2. The van der Waals surface area contributed by atoms with Gasteiger partial charge in [-0.2, -0.15) is 0 Å². The Morgan fingerprint density at radius 2 is 1.85 bits per heavy atom. The molecule has 0 bridgehead atoms. The molecule has 3 N–H and O–H groups in total. The van der Waals surface area contributed by atoms with Crippen LogP contribution in [0.2, 0.25) is 0 Å². The fourth-order valence-electron chi connectivity index (χ4n) is 2.19. The molecule has 26 heavy (non-hydrogen) atoms. The van der Waals surface area contributed by atoms with Crippen LogP contribution in [0.3, 0.4) is 0 Å². The van der Waals surface area contributed by atoms with Crippen LogP contribution in [0.15, 0.2) is 55.0 Å². The van der Waals surface area contributed by atoms with Crippen molar-refractivity contribution in [1.82, 2.24) is 25.5 Å². The minimum absolute atomic E-state index is 0.156. The number of aromatic nitrogens is 4. The first kappa shape index (κ1) is 17.3. The number of aryl methyl sites for hydroxylation is 1. The van der Waals surface area contributed by atoms with Crippen molar-refractivity contribution in [2.75, 3.05) is 23.7 Å². The van der Waals surface area contributed by atoms with Crippen LogP contribution in [0.5, 0.6) is 0 Å². The van der Waals surface area contributed by atoms with E-state index >= 15 is 0 Å². The summed E-state index contributed by atoms with van der Waals surface area (Å²) in [6.45, 7) is 2.99. The molecular formula is C18H19N7O. The van der Waals surface area contributed by atoms with Gasteiger partial charge >= 0.3 is 0 Å². The monoisotopic (exact) mass is 349 g/mol. The summed E-state index contributed by atoms with van der Waals surface area (Å²) in [5.74, 6) is 1.80. The highest BCUT2D eigenvalue weighted by molar-refractivity contribution is 5.93. The molecule has 3 aromatic heterocycles. The molecule has 0 fully saturated rings. The molecule has 0 radical (unpaired) electrons. The molecule has 8 heteroatoms. The van der Waals surface area contributed by atoms with Gasteiger partial charge in [0.05, 0.1) is 5.56 Å². The molecule has 0 spiro atoms. The lowest BCUT2D eigenvalue weighted by molar-refractivity contribution is 0.0955. The number of carbonyl (C=O) groups excluding carboxylic acids is 1. The topological polar surface area (TPSA) is 105 Å². The van der Waals surface area contributed by atoms with Gasteiger partial charge in [0.15, 0.2) is 5.82 Å². The number of hydrogen-bond acceptors (Lipinski definition) is 7. The van der Waals surface area contributed by atoms with Gasteiger partial charge in [0.25, 0.3) is 5.91 Å². The zero-order chi connectivity index (χ0) is 18.2. The van der Waals surface area contributed by atoms with E-state index in [1.807, 2.05) is 31.2 Å². The van der Waals surface area contributed by atoms with Crippen LogP contribution < -0.4 is 16.0 Å². The van der Waals surface area contributed by atoms with Crippen LogP contribution >= 0.6 is 0 Å². The average molecular weight is 349 g/mol. The van der Waals surface area contributed by atoms with Crippen LogP contribution in [0, 0.1) is 6.92 Å². The zero-order valence-corrected chi connectivity index (χ0v) is 14.3. The van der Waals surface area contributed by atoms with E-state index in [1.54, 1.807) is 24.5 Å². The molecule has 8 nitrogen and oxygen atoms in total. The van der Waals surface area contributed by atoms with E-state index < -0.39 is 0 Å². The Labute approximate surface area is 151 Å². The summed E-state index contributed by atoms with van der Waals surface area (Å²) in [4.78, 5) is 20.0. The molecule has 0 aromatic carbocycles. The molecule has 0 atom stereocenters. The Balaban J connectivity index is 1.44. The first-order chi connectivity index (χ1) is 12.7. The average Bonchev–Trinajstić information content (AvgIpc) is 2.67. The van der Waals surface area contributed by atoms with Crippen LogP contribution in [0.4, 0.5) is 17.5 Å². The number of carbonyl (C=O) groups is 1. The predicted molar refractivity (Wildman–Crippen MR) is 99.3 cm³/mol. The standard InChI is InChI=1S/C18H19N7O/c1-13-6-8-20-17(11-13)23-16-5-4-15(24-25-16)21-9-10-22-18(26)14-3-2-7-19-12-14/h2-8,11-12H,9-10H2,1H3,(H,21,24)(H,22,26)(H,20,23,25). The van der Waals surface area contributed by atoms with Gasteiger partial charge in [0, 0.05) is 31.7 Å². The van der Waals surface area contributed by atoms with E-state index in [9.17, 15) is 4.79 Å². The number of rotatable bonds is 7. The summed E-state index contributed by atoms with van der Waals surface area (Å²) < 4.78 is 0. The SMILES string of the molecule is Cc1ccnc(Nc2ccc(NCCNC(=O)c3cccnc3)nn2)c1. The lowest BCUT2D eigenvalue weighted by Gasteiger charge is -2.08. The van der Waals surface area contributed by atoms with Gasteiger partial charge in [-0.3, -0.25) is 9.78 Å². The highest BCUT2D eigenvalue weighted by Crippen LogP contribution is 2.13. The third-order valence-corrected chi connectivity index (χ3v) is 3.48. The lowest BCUT2D eigenvalue weighted by atomic mass is 10.3.